The number of hydrogen-bond acceptors (Lipinski definition) is 4. The number of thiazole rings is 1. The highest BCUT2D eigenvalue weighted by Crippen LogP contribution is 2.23. The lowest BCUT2D eigenvalue weighted by atomic mass is 10.3. The standard InChI is InChI=1S/C9H14N2OS2/c1-6-7(2)13-9(10-6)11-8-3-4-14(12)5-8/h8H,3-5H2,1-2H3,(H,10,11). The van der Waals surface area contributed by atoms with Gasteiger partial charge in [-0.3, -0.25) is 4.21 Å². The number of aromatic nitrogens is 1. The minimum absolute atomic E-state index is 0.362. The molecule has 1 N–H and O–H groups in total. The molecule has 0 saturated carbocycles. The van der Waals surface area contributed by atoms with E-state index in [2.05, 4.69) is 17.2 Å². The summed E-state index contributed by atoms with van der Waals surface area (Å²) in [5, 5.41) is 4.32. The smallest absolute Gasteiger partial charge is 0.183 e. The molecule has 2 heterocycles. The third-order valence-corrected chi connectivity index (χ3v) is 4.91. The predicted molar refractivity (Wildman–Crippen MR) is 61.5 cm³/mol. The van der Waals surface area contributed by atoms with Gasteiger partial charge in [0.1, 0.15) is 0 Å². The average Bonchev–Trinajstić information content (AvgIpc) is 2.62. The molecule has 5 heteroatoms. The molecule has 1 fully saturated rings. The Morgan fingerprint density at radius 1 is 1.57 bits per heavy atom. The Balaban J connectivity index is 2.00. The third kappa shape index (κ3) is 2.15. The zero-order chi connectivity index (χ0) is 10.1. The summed E-state index contributed by atoms with van der Waals surface area (Å²) in [5.74, 6) is 1.61. The number of nitrogens with zero attached hydrogens (tertiary/aromatic N) is 1. The van der Waals surface area contributed by atoms with Gasteiger partial charge in [0.15, 0.2) is 5.13 Å². The molecule has 0 radical (unpaired) electrons. The largest absolute Gasteiger partial charge is 0.358 e. The topological polar surface area (TPSA) is 42.0 Å². The van der Waals surface area contributed by atoms with Crippen LogP contribution in [-0.2, 0) is 10.8 Å². The first-order valence-electron chi connectivity index (χ1n) is 4.70. The van der Waals surface area contributed by atoms with Gasteiger partial charge in [0.25, 0.3) is 0 Å². The van der Waals surface area contributed by atoms with Crippen molar-refractivity contribution in [3.05, 3.63) is 10.6 Å². The summed E-state index contributed by atoms with van der Waals surface area (Å²) in [5.41, 5.74) is 1.09. The highest BCUT2D eigenvalue weighted by Gasteiger charge is 2.21. The number of rotatable bonds is 2. The molecule has 14 heavy (non-hydrogen) atoms. The fourth-order valence-electron chi connectivity index (χ4n) is 1.49. The van der Waals surface area contributed by atoms with Gasteiger partial charge in [-0.2, -0.15) is 0 Å². The SMILES string of the molecule is Cc1nc(NC2CCS(=O)C2)sc1C. The molecule has 2 unspecified atom stereocenters. The van der Waals surface area contributed by atoms with E-state index in [0.29, 0.717) is 6.04 Å². The zero-order valence-electron chi connectivity index (χ0n) is 8.37. The van der Waals surface area contributed by atoms with Crippen LogP contribution in [0.25, 0.3) is 0 Å². The lowest BCUT2D eigenvalue weighted by Crippen LogP contribution is -2.19. The van der Waals surface area contributed by atoms with Crippen molar-refractivity contribution in [2.45, 2.75) is 26.3 Å². The molecule has 2 rings (SSSR count). The van der Waals surface area contributed by atoms with E-state index in [1.54, 1.807) is 11.3 Å². The van der Waals surface area contributed by atoms with Crippen LogP contribution < -0.4 is 5.32 Å². The molecule has 0 spiro atoms. The maximum atomic E-state index is 11.2. The van der Waals surface area contributed by atoms with Crippen molar-refractivity contribution in [2.24, 2.45) is 0 Å². The minimum Gasteiger partial charge on any atom is -0.358 e. The van der Waals surface area contributed by atoms with E-state index in [0.717, 1.165) is 28.8 Å². The fourth-order valence-corrected chi connectivity index (χ4v) is 3.79. The summed E-state index contributed by atoms with van der Waals surface area (Å²) in [4.78, 5) is 5.66. The third-order valence-electron chi connectivity index (χ3n) is 2.44. The van der Waals surface area contributed by atoms with E-state index in [1.165, 1.54) is 4.88 Å². The Morgan fingerprint density at radius 3 is 2.86 bits per heavy atom. The van der Waals surface area contributed by atoms with Crippen molar-refractivity contribution in [3.63, 3.8) is 0 Å². The second-order valence-electron chi connectivity index (χ2n) is 3.60. The van der Waals surface area contributed by atoms with E-state index in [1.807, 2.05) is 6.92 Å². The summed E-state index contributed by atoms with van der Waals surface area (Å²) < 4.78 is 11.2. The maximum absolute atomic E-state index is 11.2. The molecule has 1 aliphatic heterocycles. The molecule has 0 aliphatic carbocycles. The summed E-state index contributed by atoms with van der Waals surface area (Å²) in [6.45, 7) is 4.09. The average molecular weight is 230 g/mol. The van der Waals surface area contributed by atoms with Gasteiger partial charge >= 0.3 is 0 Å². The molecule has 1 aromatic heterocycles. The highest BCUT2D eigenvalue weighted by atomic mass is 32.2. The van der Waals surface area contributed by atoms with Crippen molar-refractivity contribution in [1.29, 1.82) is 0 Å². The molecule has 0 aromatic carbocycles. The van der Waals surface area contributed by atoms with Crippen LogP contribution in [0.1, 0.15) is 17.0 Å². The van der Waals surface area contributed by atoms with E-state index < -0.39 is 10.8 Å². The van der Waals surface area contributed by atoms with Gasteiger partial charge in [0.05, 0.1) is 5.69 Å². The highest BCUT2D eigenvalue weighted by molar-refractivity contribution is 7.85. The van der Waals surface area contributed by atoms with Gasteiger partial charge in [0.2, 0.25) is 0 Å². The Bertz CT molecular complexity index is 342. The normalized spacial score (nSPS) is 26.7. The zero-order valence-corrected chi connectivity index (χ0v) is 10.0. The summed E-state index contributed by atoms with van der Waals surface area (Å²) in [6, 6.07) is 0.362. The minimum atomic E-state index is -0.611. The van der Waals surface area contributed by atoms with Crippen molar-refractivity contribution < 1.29 is 4.21 Å². The van der Waals surface area contributed by atoms with Crippen LogP contribution in [-0.4, -0.2) is 26.7 Å². The van der Waals surface area contributed by atoms with Crippen LogP contribution in [0.4, 0.5) is 5.13 Å². The maximum Gasteiger partial charge on any atom is 0.183 e. The predicted octanol–water partition coefficient (Wildman–Crippen LogP) is 1.69. The van der Waals surface area contributed by atoms with Crippen LogP contribution in [0.2, 0.25) is 0 Å². The van der Waals surface area contributed by atoms with Gasteiger partial charge in [-0.15, -0.1) is 11.3 Å². The first-order valence-corrected chi connectivity index (χ1v) is 7.01. The molecule has 0 bridgehead atoms. The first kappa shape index (κ1) is 10.1. The van der Waals surface area contributed by atoms with Crippen molar-refractivity contribution >= 4 is 27.3 Å². The van der Waals surface area contributed by atoms with E-state index >= 15 is 0 Å². The number of anilines is 1. The van der Waals surface area contributed by atoms with Crippen LogP contribution in [0, 0.1) is 13.8 Å². The van der Waals surface area contributed by atoms with Crippen LogP contribution in [0.3, 0.4) is 0 Å². The van der Waals surface area contributed by atoms with Crippen molar-refractivity contribution in [1.82, 2.24) is 4.98 Å². The summed E-state index contributed by atoms with van der Waals surface area (Å²) >= 11 is 1.68. The molecule has 1 aromatic rings. The second kappa shape index (κ2) is 3.98. The molecule has 1 aliphatic rings. The van der Waals surface area contributed by atoms with E-state index in [9.17, 15) is 4.21 Å². The molecule has 3 nitrogen and oxygen atoms in total. The van der Waals surface area contributed by atoms with Gasteiger partial charge in [-0.1, -0.05) is 0 Å². The molecular weight excluding hydrogens is 216 g/mol. The Kier molecular flexibility index (Phi) is 2.88. The Labute approximate surface area is 90.4 Å². The quantitative estimate of drug-likeness (QED) is 0.840. The molecule has 2 atom stereocenters. The van der Waals surface area contributed by atoms with Crippen molar-refractivity contribution in [2.75, 3.05) is 16.8 Å². The monoisotopic (exact) mass is 230 g/mol. The first-order chi connectivity index (χ1) is 6.65. The van der Waals surface area contributed by atoms with Crippen LogP contribution in [0.15, 0.2) is 0 Å². The Morgan fingerprint density at radius 2 is 2.36 bits per heavy atom. The van der Waals surface area contributed by atoms with Gasteiger partial charge in [0, 0.05) is 33.2 Å². The fraction of sp³-hybridized carbons (Fsp3) is 0.667. The van der Waals surface area contributed by atoms with Gasteiger partial charge in [-0.05, 0) is 20.3 Å². The van der Waals surface area contributed by atoms with Crippen LogP contribution >= 0.6 is 11.3 Å². The summed E-state index contributed by atoms with van der Waals surface area (Å²) in [7, 11) is -0.611. The Hall–Kier alpha value is -0.420. The van der Waals surface area contributed by atoms with E-state index in [-0.39, 0.29) is 0 Å². The van der Waals surface area contributed by atoms with Crippen LogP contribution in [0.5, 0.6) is 0 Å². The lowest BCUT2D eigenvalue weighted by molar-refractivity contribution is 0.687. The lowest BCUT2D eigenvalue weighted by Gasteiger charge is -2.08. The molecular formula is C9H14N2OS2. The molecule has 78 valence electrons. The van der Waals surface area contributed by atoms with E-state index in [4.69, 9.17) is 0 Å². The van der Waals surface area contributed by atoms with Gasteiger partial charge in [-0.25, -0.2) is 4.98 Å². The molecule has 1 saturated heterocycles. The molecule has 0 amide bonds. The summed E-state index contributed by atoms with van der Waals surface area (Å²) in [6.07, 6.45) is 1.00. The van der Waals surface area contributed by atoms with Gasteiger partial charge < -0.3 is 5.32 Å². The van der Waals surface area contributed by atoms with Crippen molar-refractivity contribution in [3.8, 4) is 0 Å². The number of nitrogens with one attached hydrogen (secondary N) is 1. The second-order valence-corrected chi connectivity index (χ2v) is 6.43. The number of aryl methyl sites for hydroxylation is 2. The number of hydrogen-bond donors (Lipinski definition) is 1.